The van der Waals surface area contributed by atoms with Gasteiger partial charge in [-0.25, -0.2) is 0 Å². The van der Waals surface area contributed by atoms with Crippen LogP contribution in [0.15, 0.2) is 52.1 Å². The molecule has 2 heterocycles. The highest BCUT2D eigenvalue weighted by Crippen LogP contribution is 2.44. The summed E-state index contributed by atoms with van der Waals surface area (Å²) in [5.74, 6) is 1.73. The van der Waals surface area contributed by atoms with E-state index in [1.54, 1.807) is 11.8 Å². The van der Waals surface area contributed by atoms with Gasteiger partial charge in [-0.05, 0) is 74.6 Å². The average Bonchev–Trinajstić information content (AvgIpc) is 3.26. The van der Waals surface area contributed by atoms with Gasteiger partial charge in [-0.1, -0.05) is 28.8 Å². The topological polar surface area (TPSA) is 91.2 Å². The van der Waals surface area contributed by atoms with Crippen LogP contribution >= 0.6 is 27.5 Å². The zero-order chi connectivity index (χ0) is 22.2. The molecule has 0 saturated carbocycles. The van der Waals surface area contributed by atoms with E-state index in [-0.39, 0.29) is 5.78 Å². The van der Waals surface area contributed by atoms with Crippen LogP contribution < -0.4 is 14.8 Å². The zero-order valence-electron chi connectivity index (χ0n) is 17.1. The molecular weight excluding hydrogens is 498 g/mol. The number of halogens is 2. The Bertz CT molecular complexity index is 1220. The van der Waals surface area contributed by atoms with Gasteiger partial charge in [0.25, 0.3) is 0 Å². The number of ether oxygens (including phenoxy) is 2. The van der Waals surface area contributed by atoms with Crippen molar-refractivity contribution < 1.29 is 14.3 Å². The maximum Gasteiger partial charge on any atom is 0.248 e. The summed E-state index contributed by atoms with van der Waals surface area (Å²) in [6.07, 6.45) is 2.10. The summed E-state index contributed by atoms with van der Waals surface area (Å²) in [4.78, 5) is 12.9. The molecule has 0 bridgehead atoms. The Morgan fingerprint density at radius 1 is 1.25 bits per heavy atom. The van der Waals surface area contributed by atoms with Crippen molar-refractivity contribution in [3.63, 3.8) is 0 Å². The molecule has 1 aromatic heterocycles. The van der Waals surface area contributed by atoms with Crippen LogP contribution in [-0.2, 0) is 11.4 Å². The molecule has 5 rings (SSSR count). The molecule has 1 aliphatic carbocycles. The molecule has 1 unspecified atom stereocenters. The smallest absolute Gasteiger partial charge is 0.248 e. The van der Waals surface area contributed by atoms with E-state index in [4.69, 9.17) is 21.1 Å². The fraction of sp³-hybridized carbons (Fsp3) is 0.273. The zero-order valence-corrected chi connectivity index (χ0v) is 19.5. The lowest BCUT2D eigenvalue weighted by atomic mass is 9.85. The lowest BCUT2D eigenvalue weighted by molar-refractivity contribution is -0.116. The van der Waals surface area contributed by atoms with Gasteiger partial charge in [0.15, 0.2) is 17.3 Å². The van der Waals surface area contributed by atoms with Gasteiger partial charge in [0.2, 0.25) is 5.95 Å². The molecule has 1 aliphatic heterocycles. The van der Waals surface area contributed by atoms with Crippen molar-refractivity contribution in [2.24, 2.45) is 0 Å². The minimum absolute atomic E-state index is 0.100. The maximum absolute atomic E-state index is 12.9. The van der Waals surface area contributed by atoms with E-state index < -0.39 is 6.04 Å². The minimum Gasteiger partial charge on any atom is -0.493 e. The Hall–Kier alpha value is -2.91. The van der Waals surface area contributed by atoms with E-state index >= 15 is 0 Å². The third-order valence-corrected chi connectivity index (χ3v) is 6.43. The Kier molecular flexibility index (Phi) is 5.60. The number of ketones is 1. The molecule has 0 radical (unpaired) electrons. The highest BCUT2D eigenvalue weighted by atomic mass is 79.9. The summed E-state index contributed by atoms with van der Waals surface area (Å²) in [5, 5.41) is 15.9. The summed E-state index contributed by atoms with van der Waals surface area (Å²) >= 11 is 9.58. The standard InChI is InChI=1S/C22H19BrClN5O3/c1-31-18-10-13(9-15(23)21(18)32-11-12-5-7-14(24)8-6-12)20-19-16(3-2-4-17(19)30)25-22-26-27-28-29(20)22/h5-10,20H,2-4,11H2,1H3,(H,25,26,28). The first kappa shape index (κ1) is 21.0. The molecule has 1 atom stereocenters. The second-order valence-corrected chi connectivity index (χ2v) is 8.88. The van der Waals surface area contributed by atoms with Crippen molar-refractivity contribution in [2.45, 2.75) is 31.9 Å². The third-order valence-electron chi connectivity index (χ3n) is 5.59. The maximum atomic E-state index is 12.9. The summed E-state index contributed by atoms with van der Waals surface area (Å²) in [6.45, 7) is 0.351. The van der Waals surface area contributed by atoms with Gasteiger partial charge < -0.3 is 14.8 Å². The Balaban J connectivity index is 1.53. The largest absolute Gasteiger partial charge is 0.493 e. The van der Waals surface area contributed by atoms with Crippen molar-refractivity contribution in [1.29, 1.82) is 0 Å². The number of Topliss-reactive ketones (excluding diaryl/α,β-unsaturated/α-hetero) is 1. The number of carbonyl (C=O) groups is 1. The monoisotopic (exact) mass is 515 g/mol. The van der Waals surface area contributed by atoms with Crippen LogP contribution in [0.5, 0.6) is 11.5 Å². The molecule has 164 valence electrons. The van der Waals surface area contributed by atoms with Crippen LogP contribution in [0.3, 0.4) is 0 Å². The molecule has 32 heavy (non-hydrogen) atoms. The summed E-state index contributed by atoms with van der Waals surface area (Å²) in [5.41, 5.74) is 3.38. The summed E-state index contributed by atoms with van der Waals surface area (Å²) < 4.78 is 14.0. The van der Waals surface area contributed by atoms with Crippen molar-refractivity contribution in [3.8, 4) is 11.5 Å². The predicted molar refractivity (Wildman–Crippen MR) is 122 cm³/mol. The fourth-order valence-electron chi connectivity index (χ4n) is 4.10. The number of hydrogen-bond donors (Lipinski definition) is 1. The van der Waals surface area contributed by atoms with Crippen molar-refractivity contribution in [3.05, 3.63) is 68.3 Å². The number of benzene rings is 2. The molecular formula is C22H19BrClN5O3. The fourth-order valence-corrected chi connectivity index (χ4v) is 4.80. The number of fused-ring (bicyclic) bond motifs is 1. The van der Waals surface area contributed by atoms with Crippen LogP contribution in [0.25, 0.3) is 0 Å². The van der Waals surface area contributed by atoms with E-state index in [2.05, 4.69) is 36.8 Å². The number of carbonyl (C=O) groups excluding carboxylic acids is 1. The van der Waals surface area contributed by atoms with E-state index in [0.29, 0.717) is 45.5 Å². The number of nitrogens with one attached hydrogen (secondary N) is 1. The number of tetrazole rings is 1. The number of methoxy groups -OCH3 is 1. The number of hydrogen-bond acceptors (Lipinski definition) is 7. The lowest BCUT2D eigenvalue weighted by Gasteiger charge is -2.32. The number of allylic oxidation sites excluding steroid dienone is 2. The second-order valence-electron chi connectivity index (χ2n) is 7.59. The summed E-state index contributed by atoms with van der Waals surface area (Å²) in [6, 6.07) is 10.8. The van der Waals surface area contributed by atoms with Crippen molar-refractivity contribution in [2.75, 3.05) is 12.4 Å². The molecule has 0 spiro atoms. The van der Waals surface area contributed by atoms with Gasteiger partial charge in [0.05, 0.1) is 11.6 Å². The molecule has 8 nitrogen and oxygen atoms in total. The van der Waals surface area contributed by atoms with Gasteiger partial charge in [0.1, 0.15) is 12.6 Å². The molecule has 2 aliphatic rings. The first-order chi connectivity index (χ1) is 15.5. The highest BCUT2D eigenvalue weighted by Gasteiger charge is 2.37. The predicted octanol–water partition coefficient (Wildman–Crippen LogP) is 4.70. The third kappa shape index (κ3) is 3.75. The number of aromatic nitrogens is 4. The molecule has 3 aromatic rings. The van der Waals surface area contributed by atoms with Crippen LogP contribution in [0, 0.1) is 0 Å². The first-order valence-electron chi connectivity index (χ1n) is 10.1. The molecule has 0 saturated heterocycles. The van der Waals surface area contributed by atoms with Crippen LogP contribution in [0.4, 0.5) is 5.95 Å². The molecule has 1 N–H and O–H groups in total. The molecule has 2 aromatic carbocycles. The summed E-state index contributed by atoms with van der Waals surface area (Å²) in [7, 11) is 1.59. The average molecular weight is 517 g/mol. The number of rotatable bonds is 5. The van der Waals surface area contributed by atoms with Crippen LogP contribution in [0.1, 0.15) is 36.4 Å². The highest BCUT2D eigenvalue weighted by molar-refractivity contribution is 9.10. The van der Waals surface area contributed by atoms with E-state index in [9.17, 15) is 4.79 Å². The van der Waals surface area contributed by atoms with E-state index in [1.165, 1.54) is 0 Å². The Labute approximate surface area is 197 Å². The quantitative estimate of drug-likeness (QED) is 0.526. The molecule has 0 amide bonds. The van der Waals surface area contributed by atoms with Crippen molar-refractivity contribution >= 4 is 39.3 Å². The van der Waals surface area contributed by atoms with E-state index in [1.807, 2.05) is 36.4 Å². The number of nitrogens with zero attached hydrogens (tertiary/aromatic N) is 4. The Morgan fingerprint density at radius 3 is 2.84 bits per heavy atom. The Morgan fingerprint density at radius 2 is 2.06 bits per heavy atom. The normalized spacial score (nSPS) is 17.5. The van der Waals surface area contributed by atoms with Gasteiger partial charge in [0, 0.05) is 22.7 Å². The molecule has 0 fully saturated rings. The van der Waals surface area contributed by atoms with Crippen LogP contribution in [0.2, 0.25) is 5.02 Å². The lowest BCUT2D eigenvalue weighted by Crippen LogP contribution is -2.31. The van der Waals surface area contributed by atoms with Gasteiger partial charge in [-0.3, -0.25) is 4.79 Å². The first-order valence-corrected chi connectivity index (χ1v) is 11.3. The van der Waals surface area contributed by atoms with Crippen LogP contribution in [-0.4, -0.2) is 33.1 Å². The number of anilines is 1. The molecule has 10 heteroatoms. The second kappa shape index (κ2) is 8.55. The van der Waals surface area contributed by atoms with Crippen molar-refractivity contribution in [1.82, 2.24) is 20.2 Å². The van der Waals surface area contributed by atoms with Gasteiger partial charge in [-0.15, -0.1) is 0 Å². The minimum atomic E-state index is -0.445. The van der Waals surface area contributed by atoms with Gasteiger partial charge >= 0.3 is 0 Å². The SMILES string of the molecule is COc1cc(C2C3=C(CCCC3=O)Nc3nnnn32)cc(Br)c1OCc1ccc(Cl)cc1. The van der Waals surface area contributed by atoms with E-state index in [0.717, 1.165) is 29.7 Å². The van der Waals surface area contributed by atoms with Gasteiger partial charge in [-0.2, -0.15) is 4.68 Å².